The molecule has 3 aliphatic carbocycles. The third-order valence-corrected chi connectivity index (χ3v) is 8.94. The van der Waals surface area contributed by atoms with Gasteiger partial charge in [-0.1, -0.05) is 25.4 Å². The van der Waals surface area contributed by atoms with Crippen molar-refractivity contribution in [1.29, 1.82) is 0 Å². The summed E-state index contributed by atoms with van der Waals surface area (Å²) in [5.41, 5.74) is 1.08. The lowest BCUT2D eigenvalue weighted by Crippen LogP contribution is -2.54. The molecular formula is C22H32ClNO3. The maximum Gasteiger partial charge on any atom is 0.309 e. The van der Waals surface area contributed by atoms with E-state index in [1.165, 1.54) is 0 Å². The lowest BCUT2D eigenvalue weighted by Gasteiger charge is -2.58. The summed E-state index contributed by atoms with van der Waals surface area (Å²) in [5, 5.41) is 0.873. The Morgan fingerprint density at radius 2 is 1.96 bits per heavy atom. The molecule has 150 valence electrons. The smallest absolute Gasteiger partial charge is 0.309 e. The van der Waals surface area contributed by atoms with Crippen LogP contribution in [0.25, 0.3) is 0 Å². The van der Waals surface area contributed by atoms with Crippen LogP contribution < -0.4 is 0 Å². The van der Waals surface area contributed by atoms with Crippen molar-refractivity contribution in [3.63, 3.8) is 0 Å². The molecule has 3 fully saturated rings. The number of amides is 1. The molecule has 0 aromatic rings. The number of ether oxygens (including phenoxy) is 1. The standard InChI is InChI=1S/C22H32ClNO3/c1-5-27-20(26)16-7-6-14-13-12-17(23)19-22(3,11-9-18(25)24(19)4)15(13)8-10-21(14,16)2/h13-16H,5-12H2,1-4H3/t13-,14-,15+,16?,21-,22+/m0/s1. The minimum Gasteiger partial charge on any atom is -0.466 e. The van der Waals surface area contributed by atoms with Crippen molar-refractivity contribution in [2.75, 3.05) is 13.7 Å². The monoisotopic (exact) mass is 393 g/mol. The van der Waals surface area contributed by atoms with Crippen LogP contribution in [0.3, 0.4) is 0 Å². The van der Waals surface area contributed by atoms with E-state index in [1.54, 1.807) is 0 Å². The topological polar surface area (TPSA) is 46.6 Å². The Labute approximate surface area is 167 Å². The highest BCUT2D eigenvalue weighted by atomic mass is 35.5. The van der Waals surface area contributed by atoms with Gasteiger partial charge in [0.05, 0.1) is 12.5 Å². The van der Waals surface area contributed by atoms with E-state index < -0.39 is 0 Å². The summed E-state index contributed by atoms with van der Waals surface area (Å²) in [6.45, 7) is 6.98. The van der Waals surface area contributed by atoms with Crippen LogP contribution in [0.4, 0.5) is 0 Å². The SMILES string of the molecule is CCOC(=O)C1CC[C@H]2[C@@H]3CC(Cl)=C4N(C)C(=O)CC[C@]4(C)[C@@H]3CC[C@]12C. The van der Waals surface area contributed by atoms with Crippen LogP contribution >= 0.6 is 11.6 Å². The summed E-state index contributed by atoms with van der Waals surface area (Å²) in [6.07, 6.45) is 6.56. The Bertz CT molecular complexity index is 704. The summed E-state index contributed by atoms with van der Waals surface area (Å²) in [5.74, 6) is 1.77. The predicted molar refractivity (Wildman–Crippen MR) is 105 cm³/mol. The zero-order valence-corrected chi connectivity index (χ0v) is 17.8. The van der Waals surface area contributed by atoms with Crippen molar-refractivity contribution >= 4 is 23.5 Å². The first-order valence-corrected chi connectivity index (χ1v) is 10.9. The Kier molecular flexibility index (Phi) is 4.65. The third kappa shape index (κ3) is 2.62. The van der Waals surface area contributed by atoms with Gasteiger partial charge in [-0.2, -0.15) is 0 Å². The van der Waals surface area contributed by atoms with Crippen molar-refractivity contribution in [3.8, 4) is 0 Å². The van der Waals surface area contributed by atoms with Crippen molar-refractivity contribution in [3.05, 3.63) is 10.7 Å². The number of halogens is 1. The van der Waals surface area contributed by atoms with E-state index >= 15 is 0 Å². The van der Waals surface area contributed by atoms with Crippen molar-refractivity contribution in [1.82, 2.24) is 4.90 Å². The molecule has 2 saturated carbocycles. The van der Waals surface area contributed by atoms with E-state index in [4.69, 9.17) is 16.3 Å². The summed E-state index contributed by atoms with van der Waals surface area (Å²) < 4.78 is 5.41. The Hall–Kier alpha value is -1.03. The molecule has 0 radical (unpaired) electrons. The molecule has 4 nitrogen and oxygen atoms in total. The van der Waals surface area contributed by atoms with E-state index in [-0.39, 0.29) is 28.6 Å². The van der Waals surface area contributed by atoms with Gasteiger partial charge in [0.25, 0.3) is 0 Å². The fourth-order valence-corrected chi connectivity index (χ4v) is 7.83. The van der Waals surface area contributed by atoms with Crippen LogP contribution in [0.5, 0.6) is 0 Å². The first kappa shape index (κ1) is 19.3. The molecule has 1 heterocycles. The fraction of sp³-hybridized carbons (Fsp3) is 0.818. The first-order chi connectivity index (χ1) is 12.7. The number of hydrogen-bond acceptors (Lipinski definition) is 3. The molecule has 1 aliphatic heterocycles. The zero-order chi connectivity index (χ0) is 19.6. The molecule has 0 spiro atoms. The molecule has 0 N–H and O–H groups in total. The molecule has 0 aromatic heterocycles. The predicted octanol–water partition coefficient (Wildman–Crippen LogP) is 4.72. The zero-order valence-electron chi connectivity index (χ0n) is 17.0. The number of nitrogens with zero attached hydrogens (tertiary/aromatic N) is 1. The van der Waals surface area contributed by atoms with Gasteiger partial charge in [0.2, 0.25) is 5.91 Å². The highest BCUT2D eigenvalue weighted by molar-refractivity contribution is 6.30. The number of allylic oxidation sites excluding steroid dienone is 2. The van der Waals surface area contributed by atoms with Crippen LogP contribution in [0.15, 0.2) is 10.7 Å². The maximum absolute atomic E-state index is 12.6. The van der Waals surface area contributed by atoms with Gasteiger partial charge < -0.3 is 9.64 Å². The minimum atomic E-state index is -0.0218. The lowest BCUT2D eigenvalue weighted by molar-refractivity contribution is -0.155. The number of hydrogen-bond donors (Lipinski definition) is 0. The van der Waals surface area contributed by atoms with Crippen molar-refractivity contribution in [2.24, 2.45) is 34.5 Å². The fourth-order valence-electron chi connectivity index (χ4n) is 7.31. The first-order valence-electron chi connectivity index (χ1n) is 10.6. The van der Waals surface area contributed by atoms with E-state index in [0.717, 1.165) is 49.3 Å². The molecule has 1 saturated heterocycles. The van der Waals surface area contributed by atoms with E-state index in [2.05, 4.69) is 13.8 Å². The van der Waals surface area contributed by atoms with Gasteiger partial charge in [-0.05, 0) is 68.6 Å². The van der Waals surface area contributed by atoms with Crippen molar-refractivity contribution < 1.29 is 14.3 Å². The van der Waals surface area contributed by atoms with Gasteiger partial charge in [0.15, 0.2) is 0 Å². The Balaban J connectivity index is 1.68. The van der Waals surface area contributed by atoms with Crippen LogP contribution in [0, 0.1) is 34.5 Å². The summed E-state index contributed by atoms with van der Waals surface area (Å²) in [6, 6.07) is 0. The quantitative estimate of drug-likeness (QED) is 0.637. The van der Waals surface area contributed by atoms with Crippen molar-refractivity contribution in [2.45, 2.75) is 65.7 Å². The normalized spacial score (nSPS) is 43.9. The highest BCUT2D eigenvalue weighted by Gasteiger charge is 2.61. The Morgan fingerprint density at radius 3 is 2.67 bits per heavy atom. The molecule has 6 atom stereocenters. The molecular weight excluding hydrogens is 362 g/mol. The molecule has 0 bridgehead atoms. The number of rotatable bonds is 2. The van der Waals surface area contributed by atoms with Crippen LogP contribution in [0.2, 0.25) is 0 Å². The average Bonchev–Trinajstić information content (AvgIpc) is 2.96. The van der Waals surface area contributed by atoms with E-state index in [1.807, 2.05) is 18.9 Å². The van der Waals surface area contributed by atoms with Crippen LogP contribution in [-0.4, -0.2) is 30.4 Å². The van der Waals surface area contributed by atoms with Gasteiger partial charge in [0, 0.05) is 29.6 Å². The summed E-state index contributed by atoms with van der Waals surface area (Å²) in [4.78, 5) is 26.7. The number of carbonyl (C=O) groups excluding carboxylic acids is 2. The van der Waals surface area contributed by atoms with Gasteiger partial charge in [-0.3, -0.25) is 9.59 Å². The number of carbonyl (C=O) groups is 2. The largest absolute Gasteiger partial charge is 0.466 e. The van der Waals surface area contributed by atoms with Gasteiger partial charge >= 0.3 is 5.97 Å². The molecule has 5 heteroatoms. The van der Waals surface area contributed by atoms with Crippen LogP contribution in [-0.2, 0) is 14.3 Å². The number of fused-ring (bicyclic) bond motifs is 5. The molecule has 27 heavy (non-hydrogen) atoms. The summed E-state index contributed by atoms with van der Waals surface area (Å²) >= 11 is 6.84. The number of likely N-dealkylation sites (tertiary alicyclic amines) is 1. The highest BCUT2D eigenvalue weighted by Crippen LogP contribution is 2.67. The number of esters is 1. The summed E-state index contributed by atoms with van der Waals surface area (Å²) in [7, 11) is 1.89. The average molecular weight is 394 g/mol. The molecule has 0 aromatic carbocycles. The van der Waals surface area contributed by atoms with E-state index in [9.17, 15) is 9.59 Å². The maximum atomic E-state index is 12.6. The molecule has 1 unspecified atom stereocenters. The third-order valence-electron chi connectivity index (χ3n) is 8.61. The van der Waals surface area contributed by atoms with Crippen LogP contribution in [0.1, 0.15) is 65.7 Å². The number of piperidine rings is 1. The second kappa shape index (κ2) is 6.50. The Morgan fingerprint density at radius 1 is 1.22 bits per heavy atom. The second-order valence-electron chi connectivity index (χ2n) is 9.63. The molecule has 4 rings (SSSR count). The molecule has 4 aliphatic rings. The van der Waals surface area contributed by atoms with Gasteiger partial charge in [0.1, 0.15) is 0 Å². The van der Waals surface area contributed by atoms with Gasteiger partial charge in [-0.25, -0.2) is 0 Å². The van der Waals surface area contributed by atoms with Gasteiger partial charge in [-0.15, -0.1) is 0 Å². The van der Waals surface area contributed by atoms with E-state index in [0.29, 0.717) is 30.8 Å². The molecule has 1 amide bonds. The second-order valence-corrected chi connectivity index (χ2v) is 10.1. The minimum absolute atomic E-state index is 0.00621. The lowest BCUT2D eigenvalue weighted by atomic mass is 9.49.